The summed E-state index contributed by atoms with van der Waals surface area (Å²) in [6.07, 6.45) is 4.09. The summed E-state index contributed by atoms with van der Waals surface area (Å²) in [6, 6.07) is 7.56. The van der Waals surface area contributed by atoms with Gasteiger partial charge in [-0.15, -0.1) is 0 Å². The Kier molecular flexibility index (Phi) is 5.33. The third kappa shape index (κ3) is 4.37. The van der Waals surface area contributed by atoms with Crippen LogP contribution in [0.25, 0.3) is 0 Å². The summed E-state index contributed by atoms with van der Waals surface area (Å²) in [7, 11) is 3.15. The smallest absolute Gasteiger partial charge is 0.235 e. The number of aromatic nitrogens is 2. The van der Waals surface area contributed by atoms with Crippen molar-refractivity contribution in [2.24, 2.45) is 0 Å². The molecule has 1 saturated heterocycles. The van der Waals surface area contributed by atoms with Crippen LogP contribution in [0.3, 0.4) is 0 Å². The second kappa shape index (κ2) is 7.83. The van der Waals surface area contributed by atoms with Gasteiger partial charge in [-0.3, -0.25) is 9.78 Å². The van der Waals surface area contributed by atoms with Crippen molar-refractivity contribution < 1.29 is 19.0 Å². The van der Waals surface area contributed by atoms with Gasteiger partial charge in [-0.1, -0.05) is 12.1 Å². The molecule has 0 spiro atoms. The Bertz CT molecular complexity index is 738. The number of hydrogen-bond donors (Lipinski definition) is 0. The molecule has 2 aromatic rings. The molecule has 0 radical (unpaired) electrons. The van der Waals surface area contributed by atoms with Crippen LogP contribution in [0.2, 0.25) is 0 Å². The van der Waals surface area contributed by atoms with E-state index in [9.17, 15) is 4.79 Å². The van der Waals surface area contributed by atoms with E-state index in [1.165, 1.54) is 13.3 Å². The van der Waals surface area contributed by atoms with Crippen molar-refractivity contribution in [2.75, 3.05) is 27.3 Å². The van der Waals surface area contributed by atoms with E-state index in [1.807, 2.05) is 29.2 Å². The maximum absolute atomic E-state index is 12.5. The summed E-state index contributed by atoms with van der Waals surface area (Å²) in [5, 5.41) is 0. The lowest BCUT2D eigenvalue weighted by Crippen LogP contribution is -2.32. The minimum Gasteiger partial charge on any atom is -0.497 e. The van der Waals surface area contributed by atoms with Crippen molar-refractivity contribution in [2.45, 2.75) is 18.9 Å². The predicted molar refractivity (Wildman–Crippen MR) is 90.9 cm³/mol. The van der Waals surface area contributed by atoms with E-state index in [2.05, 4.69) is 9.97 Å². The van der Waals surface area contributed by atoms with Gasteiger partial charge in [0.15, 0.2) is 0 Å². The maximum Gasteiger partial charge on any atom is 0.235 e. The summed E-state index contributed by atoms with van der Waals surface area (Å²) < 4.78 is 16.0. The van der Waals surface area contributed by atoms with E-state index in [0.717, 1.165) is 17.7 Å². The maximum atomic E-state index is 12.5. The molecule has 0 aliphatic carbocycles. The molecule has 1 amide bonds. The first-order valence-corrected chi connectivity index (χ1v) is 8.11. The highest BCUT2D eigenvalue weighted by atomic mass is 16.5. The van der Waals surface area contributed by atoms with Crippen molar-refractivity contribution in [1.82, 2.24) is 14.9 Å². The number of carbonyl (C=O) groups excluding carboxylic acids is 1. The number of nitrogens with zero attached hydrogens (tertiary/aromatic N) is 3. The van der Waals surface area contributed by atoms with E-state index in [-0.39, 0.29) is 12.0 Å². The summed E-state index contributed by atoms with van der Waals surface area (Å²) in [5.74, 6) is 1.65. The molecule has 7 heteroatoms. The van der Waals surface area contributed by atoms with Gasteiger partial charge in [0.1, 0.15) is 11.9 Å². The Morgan fingerprint density at radius 2 is 2.08 bits per heavy atom. The normalized spacial score (nSPS) is 16.6. The molecule has 0 N–H and O–H groups in total. The molecule has 1 aromatic heterocycles. The number of rotatable bonds is 6. The highest BCUT2D eigenvalue weighted by Gasteiger charge is 2.28. The monoisotopic (exact) mass is 343 g/mol. The van der Waals surface area contributed by atoms with E-state index in [4.69, 9.17) is 14.2 Å². The standard InChI is InChI=1S/C18H21N3O4/c1-23-14-5-3-4-13(8-14)9-18(22)21-7-6-15(12-21)25-17-11-19-10-16(20-17)24-2/h3-5,8,10-11,15H,6-7,9,12H2,1-2H3. The SMILES string of the molecule is COc1cccc(CC(=O)N2CCC(Oc3cncc(OC)n3)C2)c1. The Morgan fingerprint density at radius 3 is 2.88 bits per heavy atom. The molecule has 1 atom stereocenters. The van der Waals surface area contributed by atoms with Gasteiger partial charge in [0.25, 0.3) is 0 Å². The summed E-state index contributed by atoms with van der Waals surface area (Å²) in [6.45, 7) is 1.21. The second-order valence-corrected chi connectivity index (χ2v) is 5.80. The summed E-state index contributed by atoms with van der Waals surface area (Å²) in [5.41, 5.74) is 0.937. The zero-order valence-corrected chi connectivity index (χ0v) is 14.3. The van der Waals surface area contributed by atoms with E-state index >= 15 is 0 Å². The number of amides is 1. The van der Waals surface area contributed by atoms with Gasteiger partial charge in [-0.2, -0.15) is 4.98 Å². The number of carbonyl (C=O) groups is 1. The lowest BCUT2D eigenvalue weighted by Gasteiger charge is -2.17. The van der Waals surface area contributed by atoms with Crippen molar-refractivity contribution in [1.29, 1.82) is 0 Å². The van der Waals surface area contributed by atoms with Crippen molar-refractivity contribution in [3.63, 3.8) is 0 Å². The highest BCUT2D eigenvalue weighted by Crippen LogP contribution is 2.19. The van der Waals surface area contributed by atoms with E-state index in [1.54, 1.807) is 13.3 Å². The Balaban J connectivity index is 1.55. The number of methoxy groups -OCH3 is 2. The van der Waals surface area contributed by atoms with Gasteiger partial charge in [-0.25, -0.2) is 0 Å². The molecule has 7 nitrogen and oxygen atoms in total. The molecular formula is C18H21N3O4. The van der Waals surface area contributed by atoms with Crippen LogP contribution < -0.4 is 14.2 Å². The Labute approximate surface area is 146 Å². The third-order valence-corrected chi connectivity index (χ3v) is 4.07. The van der Waals surface area contributed by atoms with Gasteiger partial charge < -0.3 is 19.1 Å². The first-order valence-electron chi connectivity index (χ1n) is 8.11. The fraction of sp³-hybridized carbons (Fsp3) is 0.389. The molecule has 3 rings (SSSR count). The van der Waals surface area contributed by atoms with Crippen LogP contribution in [0.4, 0.5) is 0 Å². The lowest BCUT2D eigenvalue weighted by atomic mass is 10.1. The molecule has 0 saturated carbocycles. The van der Waals surface area contributed by atoms with Gasteiger partial charge in [-0.05, 0) is 17.7 Å². The van der Waals surface area contributed by atoms with Crippen LogP contribution in [-0.4, -0.2) is 54.2 Å². The fourth-order valence-electron chi connectivity index (χ4n) is 2.78. The quantitative estimate of drug-likeness (QED) is 0.795. The molecule has 0 bridgehead atoms. The van der Waals surface area contributed by atoms with Crippen LogP contribution >= 0.6 is 0 Å². The summed E-state index contributed by atoms with van der Waals surface area (Å²) >= 11 is 0. The highest BCUT2D eigenvalue weighted by molar-refractivity contribution is 5.79. The number of likely N-dealkylation sites (tertiary alicyclic amines) is 1. The van der Waals surface area contributed by atoms with Crippen molar-refractivity contribution in [3.8, 4) is 17.5 Å². The van der Waals surface area contributed by atoms with Crippen molar-refractivity contribution >= 4 is 5.91 Å². The topological polar surface area (TPSA) is 73.8 Å². The molecule has 1 aliphatic heterocycles. The summed E-state index contributed by atoms with van der Waals surface area (Å²) in [4.78, 5) is 22.5. The lowest BCUT2D eigenvalue weighted by molar-refractivity contribution is -0.129. The Hall–Kier alpha value is -2.83. The van der Waals surface area contributed by atoms with Crippen LogP contribution in [-0.2, 0) is 11.2 Å². The average Bonchev–Trinajstić information content (AvgIpc) is 3.10. The van der Waals surface area contributed by atoms with Crippen LogP contribution in [0.15, 0.2) is 36.7 Å². The fourth-order valence-corrected chi connectivity index (χ4v) is 2.78. The van der Waals surface area contributed by atoms with Gasteiger partial charge in [0, 0.05) is 13.0 Å². The molecular weight excluding hydrogens is 322 g/mol. The van der Waals surface area contributed by atoms with Crippen LogP contribution in [0, 0.1) is 0 Å². The minimum absolute atomic E-state index is 0.0797. The largest absolute Gasteiger partial charge is 0.497 e. The molecule has 1 aliphatic rings. The number of benzene rings is 1. The van der Waals surface area contributed by atoms with Gasteiger partial charge in [0.2, 0.25) is 17.7 Å². The van der Waals surface area contributed by atoms with Crippen LogP contribution in [0.5, 0.6) is 17.5 Å². The van der Waals surface area contributed by atoms with Gasteiger partial charge in [0.05, 0.1) is 39.6 Å². The first kappa shape index (κ1) is 17.0. The average molecular weight is 343 g/mol. The molecule has 2 heterocycles. The number of ether oxygens (including phenoxy) is 3. The zero-order valence-electron chi connectivity index (χ0n) is 14.3. The molecule has 1 fully saturated rings. The van der Waals surface area contributed by atoms with E-state index in [0.29, 0.717) is 31.3 Å². The second-order valence-electron chi connectivity index (χ2n) is 5.80. The molecule has 25 heavy (non-hydrogen) atoms. The zero-order chi connectivity index (χ0) is 17.6. The minimum atomic E-state index is -0.0873. The van der Waals surface area contributed by atoms with Crippen molar-refractivity contribution in [3.05, 3.63) is 42.2 Å². The van der Waals surface area contributed by atoms with Gasteiger partial charge >= 0.3 is 0 Å². The van der Waals surface area contributed by atoms with Crippen LogP contribution in [0.1, 0.15) is 12.0 Å². The number of hydrogen-bond acceptors (Lipinski definition) is 6. The Morgan fingerprint density at radius 1 is 1.24 bits per heavy atom. The predicted octanol–water partition coefficient (Wildman–Crippen LogP) is 1.72. The molecule has 132 valence electrons. The first-order chi connectivity index (χ1) is 12.2. The van der Waals surface area contributed by atoms with E-state index < -0.39 is 0 Å². The molecule has 1 unspecified atom stereocenters. The third-order valence-electron chi connectivity index (χ3n) is 4.07. The molecule has 1 aromatic carbocycles.